The van der Waals surface area contributed by atoms with Gasteiger partial charge in [0, 0.05) is 38.1 Å². The molecule has 22 heavy (non-hydrogen) atoms. The maximum Gasteiger partial charge on any atom is 0.193 e. The van der Waals surface area contributed by atoms with Crippen molar-refractivity contribution < 1.29 is 0 Å². The highest BCUT2D eigenvalue weighted by Gasteiger charge is 2.03. The van der Waals surface area contributed by atoms with Crippen LogP contribution in [-0.4, -0.2) is 36.5 Å². The van der Waals surface area contributed by atoms with E-state index in [0.29, 0.717) is 6.54 Å². The minimum atomic E-state index is 0. The van der Waals surface area contributed by atoms with E-state index in [-0.39, 0.29) is 24.0 Å². The first-order valence-electron chi connectivity index (χ1n) is 7.06. The second kappa shape index (κ2) is 9.78. The molecule has 0 saturated carbocycles. The highest BCUT2D eigenvalue weighted by Crippen LogP contribution is 2.11. The van der Waals surface area contributed by atoms with Gasteiger partial charge in [-0.15, -0.1) is 35.3 Å². The van der Waals surface area contributed by atoms with Crippen LogP contribution in [0.2, 0.25) is 0 Å². The van der Waals surface area contributed by atoms with Gasteiger partial charge in [-0.3, -0.25) is 0 Å². The number of nitrogens with one attached hydrogen (secondary N) is 1. The molecule has 0 spiro atoms. The minimum absolute atomic E-state index is 0. The lowest BCUT2D eigenvalue weighted by molar-refractivity contribution is 0.579. The van der Waals surface area contributed by atoms with E-state index >= 15 is 0 Å². The fourth-order valence-electron chi connectivity index (χ4n) is 1.90. The van der Waals surface area contributed by atoms with Gasteiger partial charge in [0.2, 0.25) is 0 Å². The molecule has 1 aromatic heterocycles. The average molecular weight is 430 g/mol. The summed E-state index contributed by atoms with van der Waals surface area (Å²) in [6.45, 7) is 3.62. The fraction of sp³-hybridized carbons (Fsp3) is 0.375. The van der Waals surface area contributed by atoms with Crippen molar-refractivity contribution in [3.8, 4) is 0 Å². The molecule has 0 atom stereocenters. The van der Waals surface area contributed by atoms with Gasteiger partial charge < -0.3 is 10.2 Å². The molecule has 0 fully saturated rings. The monoisotopic (exact) mass is 430 g/mol. The Bertz CT molecular complexity index is 581. The summed E-state index contributed by atoms with van der Waals surface area (Å²) in [5.74, 6) is 0.909. The third kappa shape index (κ3) is 6.31. The van der Waals surface area contributed by atoms with Crippen LogP contribution in [0.3, 0.4) is 0 Å². The summed E-state index contributed by atoms with van der Waals surface area (Å²) in [7, 11) is 4.01. The Morgan fingerprint density at radius 1 is 1.27 bits per heavy atom. The van der Waals surface area contributed by atoms with Crippen molar-refractivity contribution in [2.45, 2.75) is 19.9 Å². The SMILES string of the molecule is Cc1cnc(CCNC(=NCc2ccccc2)N(C)C)s1.I. The van der Waals surface area contributed by atoms with E-state index in [1.54, 1.807) is 11.3 Å². The first-order chi connectivity index (χ1) is 10.1. The lowest BCUT2D eigenvalue weighted by Crippen LogP contribution is -2.37. The molecule has 0 saturated heterocycles. The maximum absolute atomic E-state index is 4.64. The topological polar surface area (TPSA) is 40.5 Å². The molecule has 2 aromatic rings. The van der Waals surface area contributed by atoms with E-state index in [2.05, 4.69) is 34.3 Å². The van der Waals surface area contributed by atoms with E-state index < -0.39 is 0 Å². The van der Waals surface area contributed by atoms with E-state index in [4.69, 9.17) is 0 Å². The minimum Gasteiger partial charge on any atom is -0.356 e. The van der Waals surface area contributed by atoms with Gasteiger partial charge in [0.1, 0.15) is 0 Å². The summed E-state index contributed by atoms with van der Waals surface area (Å²) < 4.78 is 0. The lowest BCUT2D eigenvalue weighted by atomic mass is 10.2. The number of rotatable bonds is 5. The van der Waals surface area contributed by atoms with Crippen molar-refractivity contribution in [3.63, 3.8) is 0 Å². The third-order valence-electron chi connectivity index (χ3n) is 2.97. The zero-order valence-electron chi connectivity index (χ0n) is 13.2. The summed E-state index contributed by atoms with van der Waals surface area (Å²) in [6, 6.07) is 10.3. The summed E-state index contributed by atoms with van der Waals surface area (Å²) in [5.41, 5.74) is 1.22. The van der Waals surface area contributed by atoms with Crippen LogP contribution in [0.15, 0.2) is 41.5 Å². The zero-order chi connectivity index (χ0) is 15.1. The van der Waals surface area contributed by atoms with Gasteiger partial charge in [-0.2, -0.15) is 0 Å². The Labute approximate surface area is 153 Å². The van der Waals surface area contributed by atoms with Crippen molar-refractivity contribution in [1.29, 1.82) is 0 Å². The number of benzene rings is 1. The van der Waals surface area contributed by atoms with Gasteiger partial charge >= 0.3 is 0 Å². The van der Waals surface area contributed by atoms with Crippen LogP contribution >= 0.6 is 35.3 Å². The van der Waals surface area contributed by atoms with Crippen LogP contribution in [0.1, 0.15) is 15.4 Å². The summed E-state index contributed by atoms with van der Waals surface area (Å²) in [4.78, 5) is 12.3. The summed E-state index contributed by atoms with van der Waals surface area (Å²) in [5, 5.41) is 4.56. The fourth-order valence-corrected chi connectivity index (χ4v) is 2.69. The predicted molar refractivity (Wildman–Crippen MR) is 105 cm³/mol. The van der Waals surface area contributed by atoms with Gasteiger partial charge in [0.05, 0.1) is 11.6 Å². The molecule has 0 radical (unpaired) electrons. The van der Waals surface area contributed by atoms with Crippen molar-refractivity contribution >= 4 is 41.3 Å². The Balaban J connectivity index is 0.00000242. The second-order valence-electron chi connectivity index (χ2n) is 5.06. The molecule has 0 aliphatic heterocycles. The molecular formula is C16H23IN4S. The smallest absolute Gasteiger partial charge is 0.193 e. The van der Waals surface area contributed by atoms with E-state index in [9.17, 15) is 0 Å². The van der Waals surface area contributed by atoms with Crippen LogP contribution in [0, 0.1) is 6.92 Å². The van der Waals surface area contributed by atoms with E-state index in [1.165, 1.54) is 15.4 Å². The Kier molecular flexibility index (Phi) is 8.40. The maximum atomic E-state index is 4.64. The lowest BCUT2D eigenvalue weighted by Gasteiger charge is -2.17. The largest absolute Gasteiger partial charge is 0.356 e. The normalized spacial score (nSPS) is 11.0. The van der Waals surface area contributed by atoms with Crippen molar-refractivity contribution in [1.82, 2.24) is 15.2 Å². The van der Waals surface area contributed by atoms with Gasteiger partial charge in [0.25, 0.3) is 0 Å². The molecular weight excluding hydrogens is 407 g/mol. The molecule has 2 rings (SSSR count). The highest BCUT2D eigenvalue weighted by atomic mass is 127. The van der Waals surface area contributed by atoms with Gasteiger partial charge in [-0.25, -0.2) is 9.98 Å². The Hall–Kier alpha value is -1.15. The molecule has 0 aliphatic carbocycles. The van der Waals surface area contributed by atoms with Crippen molar-refractivity contribution in [2.24, 2.45) is 4.99 Å². The molecule has 1 aromatic carbocycles. The van der Waals surface area contributed by atoms with Crippen LogP contribution in [0.5, 0.6) is 0 Å². The third-order valence-corrected chi connectivity index (χ3v) is 3.94. The highest BCUT2D eigenvalue weighted by molar-refractivity contribution is 14.0. The average Bonchev–Trinajstić information content (AvgIpc) is 2.89. The number of nitrogens with zero attached hydrogens (tertiary/aromatic N) is 3. The molecule has 1 N–H and O–H groups in total. The number of guanidine groups is 1. The molecule has 0 aliphatic rings. The van der Waals surface area contributed by atoms with E-state index in [0.717, 1.165) is 18.9 Å². The number of aliphatic imine (C=N–C) groups is 1. The molecule has 1 heterocycles. The number of hydrogen-bond acceptors (Lipinski definition) is 3. The molecule has 4 nitrogen and oxygen atoms in total. The quantitative estimate of drug-likeness (QED) is 0.450. The number of thiazole rings is 1. The van der Waals surface area contributed by atoms with Crippen LogP contribution in [-0.2, 0) is 13.0 Å². The molecule has 6 heteroatoms. The van der Waals surface area contributed by atoms with Crippen LogP contribution in [0.4, 0.5) is 0 Å². The Morgan fingerprint density at radius 3 is 2.59 bits per heavy atom. The van der Waals surface area contributed by atoms with Gasteiger partial charge in [-0.1, -0.05) is 30.3 Å². The molecule has 0 amide bonds. The zero-order valence-corrected chi connectivity index (χ0v) is 16.4. The van der Waals surface area contributed by atoms with E-state index in [1.807, 2.05) is 43.4 Å². The first-order valence-corrected chi connectivity index (χ1v) is 7.87. The Morgan fingerprint density at radius 2 is 2.00 bits per heavy atom. The number of hydrogen-bond donors (Lipinski definition) is 1. The van der Waals surface area contributed by atoms with Crippen LogP contribution < -0.4 is 5.32 Å². The van der Waals surface area contributed by atoms with Gasteiger partial charge in [-0.05, 0) is 12.5 Å². The van der Waals surface area contributed by atoms with Crippen molar-refractivity contribution in [2.75, 3.05) is 20.6 Å². The molecule has 0 unspecified atom stereocenters. The second-order valence-corrected chi connectivity index (χ2v) is 6.38. The number of aryl methyl sites for hydroxylation is 1. The van der Waals surface area contributed by atoms with Crippen LogP contribution in [0.25, 0.3) is 0 Å². The summed E-state index contributed by atoms with van der Waals surface area (Å²) >= 11 is 1.75. The first kappa shape index (κ1) is 18.9. The summed E-state index contributed by atoms with van der Waals surface area (Å²) in [6.07, 6.45) is 2.85. The predicted octanol–water partition coefficient (Wildman–Crippen LogP) is 3.32. The molecule has 0 bridgehead atoms. The molecule has 120 valence electrons. The standard InChI is InChI=1S/C16H22N4S.HI/c1-13-11-18-15(21-13)9-10-17-16(20(2)3)19-12-14-7-5-4-6-8-14;/h4-8,11H,9-10,12H2,1-3H3,(H,17,19);1H. The van der Waals surface area contributed by atoms with Gasteiger partial charge in [0.15, 0.2) is 5.96 Å². The number of aromatic nitrogens is 1. The number of halogens is 1. The van der Waals surface area contributed by atoms with Crippen molar-refractivity contribution in [3.05, 3.63) is 52.0 Å².